The molecule has 0 aromatic rings. The topological polar surface area (TPSA) is 26.3 Å². The molecule has 94 valence electrons. The monoisotopic (exact) mass is 226 g/mol. The summed E-state index contributed by atoms with van der Waals surface area (Å²) < 4.78 is 5.08. The van der Waals surface area contributed by atoms with E-state index in [0.29, 0.717) is 6.61 Å². The molecule has 2 heteroatoms. The van der Waals surface area contributed by atoms with Gasteiger partial charge in [-0.3, -0.25) is 4.79 Å². The van der Waals surface area contributed by atoms with Crippen molar-refractivity contribution in [3.8, 4) is 0 Å². The van der Waals surface area contributed by atoms with Crippen molar-refractivity contribution in [1.29, 1.82) is 0 Å². The molecule has 0 heterocycles. The number of hydrogen-bond acceptors (Lipinski definition) is 2. The maximum Gasteiger partial charge on any atom is 0.308 e. The van der Waals surface area contributed by atoms with Gasteiger partial charge in [-0.1, -0.05) is 39.0 Å². The Balaban J connectivity index is 2.12. The van der Waals surface area contributed by atoms with Crippen LogP contribution in [0.3, 0.4) is 0 Å². The zero-order chi connectivity index (χ0) is 11.8. The van der Waals surface area contributed by atoms with Gasteiger partial charge in [0.2, 0.25) is 0 Å². The van der Waals surface area contributed by atoms with E-state index >= 15 is 0 Å². The Morgan fingerprint density at radius 2 is 2.00 bits per heavy atom. The number of carbonyl (C=O) groups excluding carboxylic acids is 1. The lowest BCUT2D eigenvalue weighted by atomic mass is 9.98. The van der Waals surface area contributed by atoms with Gasteiger partial charge in [-0.2, -0.15) is 0 Å². The second-order valence-corrected chi connectivity index (χ2v) is 4.98. The third-order valence-electron chi connectivity index (χ3n) is 3.63. The standard InChI is InChI=1S/C14H26O2/c1-3-5-6-7-8-12-9-10-13(11-12)14(15)16-4-2/h12-13H,3-11H2,1-2H3. The fourth-order valence-electron chi connectivity index (χ4n) is 2.67. The molecule has 0 saturated heterocycles. The van der Waals surface area contributed by atoms with Crippen molar-refractivity contribution < 1.29 is 9.53 Å². The lowest BCUT2D eigenvalue weighted by molar-refractivity contribution is -0.147. The second-order valence-electron chi connectivity index (χ2n) is 4.98. The maximum atomic E-state index is 11.5. The van der Waals surface area contributed by atoms with Gasteiger partial charge in [-0.25, -0.2) is 0 Å². The van der Waals surface area contributed by atoms with Crippen LogP contribution in [0.2, 0.25) is 0 Å². The summed E-state index contributed by atoms with van der Waals surface area (Å²) in [5.41, 5.74) is 0. The summed E-state index contributed by atoms with van der Waals surface area (Å²) in [7, 11) is 0. The SMILES string of the molecule is CCCCCCC1CCC(C(=O)OCC)C1. The number of carbonyl (C=O) groups is 1. The van der Waals surface area contributed by atoms with E-state index in [2.05, 4.69) is 6.92 Å². The summed E-state index contributed by atoms with van der Waals surface area (Å²) >= 11 is 0. The molecule has 1 rings (SSSR count). The minimum absolute atomic E-state index is 0.0403. The van der Waals surface area contributed by atoms with Gasteiger partial charge in [0.15, 0.2) is 0 Å². The highest BCUT2D eigenvalue weighted by Crippen LogP contribution is 2.34. The molecule has 2 atom stereocenters. The summed E-state index contributed by atoms with van der Waals surface area (Å²) in [6.45, 7) is 4.65. The van der Waals surface area contributed by atoms with Crippen molar-refractivity contribution in [2.45, 2.75) is 65.2 Å². The minimum atomic E-state index is 0.0403. The highest BCUT2D eigenvalue weighted by atomic mass is 16.5. The lowest BCUT2D eigenvalue weighted by Gasteiger charge is -2.10. The average molecular weight is 226 g/mol. The van der Waals surface area contributed by atoms with Crippen LogP contribution < -0.4 is 0 Å². The molecule has 1 saturated carbocycles. The van der Waals surface area contributed by atoms with Gasteiger partial charge in [0.1, 0.15) is 0 Å². The molecule has 2 unspecified atom stereocenters. The van der Waals surface area contributed by atoms with Gasteiger partial charge in [0, 0.05) is 0 Å². The quantitative estimate of drug-likeness (QED) is 0.485. The Labute approximate surface area is 99.8 Å². The van der Waals surface area contributed by atoms with Gasteiger partial charge in [0.05, 0.1) is 12.5 Å². The van der Waals surface area contributed by atoms with Crippen molar-refractivity contribution in [2.75, 3.05) is 6.61 Å². The van der Waals surface area contributed by atoms with Crippen LogP contribution in [0.5, 0.6) is 0 Å². The Kier molecular flexibility index (Phi) is 6.51. The van der Waals surface area contributed by atoms with Crippen LogP contribution in [0.4, 0.5) is 0 Å². The maximum absolute atomic E-state index is 11.5. The van der Waals surface area contributed by atoms with E-state index in [1.54, 1.807) is 0 Å². The predicted octanol–water partition coefficient (Wildman–Crippen LogP) is 3.94. The molecule has 2 nitrogen and oxygen atoms in total. The van der Waals surface area contributed by atoms with Gasteiger partial charge in [-0.15, -0.1) is 0 Å². The second kappa shape index (κ2) is 7.70. The number of hydrogen-bond donors (Lipinski definition) is 0. The molecule has 0 radical (unpaired) electrons. The Hall–Kier alpha value is -0.530. The minimum Gasteiger partial charge on any atom is -0.466 e. The van der Waals surface area contributed by atoms with Gasteiger partial charge in [0.25, 0.3) is 0 Å². The fraction of sp³-hybridized carbons (Fsp3) is 0.929. The zero-order valence-electron chi connectivity index (χ0n) is 10.8. The molecule has 1 fully saturated rings. The van der Waals surface area contributed by atoms with E-state index in [1.807, 2.05) is 6.92 Å². The van der Waals surface area contributed by atoms with E-state index in [4.69, 9.17) is 4.74 Å². The van der Waals surface area contributed by atoms with Gasteiger partial charge >= 0.3 is 5.97 Å². The van der Waals surface area contributed by atoms with Crippen LogP contribution in [0.15, 0.2) is 0 Å². The van der Waals surface area contributed by atoms with Crippen LogP contribution in [0.25, 0.3) is 0 Å². The molecule has 0 N–H and O–H groups in total. The van der Waals surface area contributed by atoms with E-state index < -0.39 is 0 Å². The molecule has 1 aliphatic carbocycles. The van der Waals surface area contributed by atoms with Crippen molar-refractivity contribution in [1.82, 2.24) is 0 Å². The third kappa shape index (κ3) is 4.54. The van der Waals surface area contributed by atoms with Crippen LogP contribution in [0.1, 0.15) is 65.2 Å². The molecule has 16 heavy (non-hydrogen) atoms. The van der Waals surface area contributed by atoms with Crippen molar-refractivity contribution >= 4 is 5.97 Å². The molecule has 1 aliphatic rings. The largest absolute Gasteiger partial charge is 0.466 e. The number of unbranched alkanes of at least 4 members (excludes halogenated alkanes) is 3. The summed E-state index contributed by atoms with van der Waals surface area (Å²) in [5, 5.41) is 0. The van der Waals surface area contributed by atoms with Crippen LogP contribution in [0, 0.1) is 11.8 Å². The van der Waals surface area contributed by atoms with Crippen LogP contribution in [-0.2, 0) is 9.53 Å². The molecular formula is C14H26O2. The Morgan fingerprint density at radius 1 is 1.19 bits per heavy atom. The van der Waals surface area contributed by atoms with Crippen molar-refractivity contribution in [3.05, 3.63) is 0 Å². The molecule has 0 aromatic carbocycles. The van der Waals surface area contributed by atoms with Crippen molar-refractivity contribution in [3.63, 3.8) is 0 Å². The average Bonchev–Trinajstić information content (AvgIpc) is 2.73. The number of ether oxygens (including phenoxy) is 1. The summed E-state index contributed by atoms with van der Waals surface area (Å²) in [6.07, 6.45) is 10.0. The molecule has 0 spiro atoms. The molecule has 0 aliphatic heterocycles. The molecule has 0 bridgehead atoms. The van der Waals surface area contributed by atoms with E-state index in [0.717, 1.165) is 18.8 Å². The Morgan fingerprint density at radius 3 is 2.69 bits per heavy atom. The van der Waals surface area contributed by atoms with Gasteiger partial charge < -0.3 is 4.74 Å². The van der Waals surface area contributed by atoms with Gasteiger partial charge in [-0.05, 0) is 32.1 Å². The zero-order valence-corrected chi connectivity index (χ0v) is 10.8. The number of esters is 1. The first-order valence-electron chi connectivity index (χ1n) is 6.94. The summed E-state index contributed by atoms with van der Waals surface area (Å²) in [5.74, 6) is 1.03. The highest BCUT2D eigenvalue weighted by Gasteiger charge is 2.30. The fourth-order valence-corrected chi connectivity index (χ4v) is 2.67. The first kappa shape index (κ1) is 13.5. The smallest absolute Gasteiger partial charge is 0.308 e. The Bertz CT molecular complexity index is 201. The van der Waals surface area contributed by atoms with Crippen molar-refractivity contribution in [2.24, 2.45) is 11.8 Å². The van der Waals surface area contributed by atoms with E-state index in [1.165, 1.54) is 38.5 Å². The van der Waals surface area contributed by atoms with E-state index in [9.17, 15) is 4.79 Å². The first-order chi connectivity index (χ1) is 7.77. The normalized spacial score (nSPS) is 24.6. The first-order valence-corrected chi connectivity index (χ1v) is 6.94. The van der Waals surface area contributed by atoms with Crippen LogP contribution in [-0.4, -0.2) is 12.6 Å². The summed E-state index contributed by atoms with van der Waals surface area (Å²) in [6, 6.07) is 0. The highest BCUT2D eigenvalue weighted by molar-refractivity contribution is 5.72. The number of rotatable bonds is 7. The molecule has 0 amide bonds. The van der Waals surface area contributed by atoms with E-state index in [-0.39, 0.29) is 11.9 Å². The predicted molar refractivity (Wildman–Crippen MR) is 66.2 cm³/mol. The summed E-state index contributed by atoms with van der Waals surface area (Å²) in [4.78, 5) is 11.5. The third-order valence-corrected chi connectivity index (χ3v) is 3.63. The van der Waals surface area contributed by atoms with Crippen LogP contribution >= 0.6 is 0 Å². The molecular weight excluding hydrogens is 200 g/mol. The molecule has 0 aromatic heterocycles. The lowest BCUT2D eigenvalue weighted by Crippen LogP contribution is -2.14.